The second-order valence-electron chi connectivity index (χ2n) is 4.71. The molecule has 0 saturated carbocycles. The van der Waals surface area contributed by atoms with Gasteiger partial charge < -0.3 is 9.47 Å². The average Bonchev–Trinajstić information content (AvgIpc) is 2.30. The van der Waals surface area contributed by atoms with Gasteiger partial charge in [-0.25, -0.2) is 4.39 Å². The minimum atomic E-state index is -0.894. The van der Waals surface area contributed by atoms with Crippen molar-refractivity contribution in [3.05, 3.63) is 23.5 Å². The van der Waals surface area contributed by atoms with E-state index in [-0.39, 0.29) is 17.1 Å². The Kier molecular flexibility index (Phi) is 3.92. The highest BCUT2D eigenvalue weighted by Crippen LogP contribution is 2.29. The normalized spacial score (nSPS) is 10.7. The summed E-state index contributed by atoms with van der Waals surface area (Å²) in [4.78, 5) is 11.6. The Morgan fingerprint density at radius 2 is 1.89 bits per heavy atom. The molecule has 0 N–H and O–H groups in total. The zero-order valence-electron chi connectivity index (χ0n) is 10.7. The quantitative estimate of drug-likeness (QED) is 0.599. The lowest BCUT2D eigenvalue weighted by molar-refractivity contribution is -0.143. The Morgan fingerprint density at radius 3 is 2.33 bits per heavy atom. The number of rotatable bonds is 2. The van der Waals surface area contributed by atoms with Gasteiger partial charge in [0.05, 0.1) is 12.5 Å². The molecule has 0 aliphatic carbocycles. The second-order valence-corrected chi connectivity index (χ2v) is 4.71. The van der Waals surface area contributed by atoms with Gasteiger partial charge in [0.15, 0.2) is 11.6 Å². The number of carbonyl (C=O) groups is 1. The van der Waals surface area contributed by atoms with Crippen LogP contribution in [0.25, 0.3) is 0 Å². The van der Waals surface area contributed by atoms with Crippen LogP contribution in [0.3, 0.4) is 0 Å². The largest absolute Gasteiger partial charge is 0.495 e. The van der Waals surface area contributed by atoms with Crippen LogP contribution in [0.2, 0.25) is 0 Å². The number of hydrogen-bond donors (Lipinski definition) is 0. The Hall–Kier alpha value is -2.09. The van der Waals surface area contributed by atoms with Crippen LogP contribution in [-0.2, 0) is 4.79 Å². The maximum absolute atomic E-state index is 13.9. The summed E-state index contributed by atoms with van der Waals surface area (Å²) < 4.78 is 23.7. The number of hydrogen-bond acceptors (Lipinski definition) is 4. The summed E-state index contributed by atoms with van der Waals surface area (Å²) in [5.41, 5.74) is -1.03. The van der Waals surface area contributed by atoms with Crippen molar-refractivity contribution < 1.29 is 18.7 Å². The van der Waals surface area contributed by atoms with Gasteiger partial charge in [0.1, 0.15) is 17.4 Å². The van der Waals surface area contributed by atoms with Gasteiger partial charge in [0.25, 0.3) is 0 Å². The monoisotopic (exact) mass is 251 g/mol. The highest BCUT2D eigenvalue weighted by molar-refractivity contribution is 5.78. The van der Waals surface area contributed by atoms with Crippen LogP contribution < -0.4 is 9.47 Å². The Bertz CT molecular complexity index is 512. The first-order chi connectivity index (χ1) is 8.31. The smallest absolute Gasteiger partial charge is 0.316 e. The number of nitriles is 1. The van der Waals surface area contributed by atoms with Crippen molar-refractivity contribution >= 4 is 5.97 Å². The van der Waals surface area contributed by atoms with Gasteiger partial charge in [-0.1, -0.05) is 0 Å². The molecular weight excluding hydrogens is 237 g/mol. The topological polar surface area (TPSA) is 59.3 Å². The number of esters is 1. The maximum Gasteiger partial charge on any atom is 0.316 e. The molecular formula is C13H14FNO3. The number of nitrogens with zero attached hydrogens (tertiary/aromatic N) is 1. The lowest BCUT2D eigenvalue weighted by Gasteiger charge is -2.17. The maximum atomic E-state index is 13.9. The van der Waals surface area contributed by atoms with Crippen LogP contribution in [0.5, 0.6) is 11.5 Å². The van der Waals surface area contributed by atoms with E-state index in [4.69, 9.17) is 14.7 Å². The molecule has 0 aromatic heterocycles. The minimum absolute atomic E-state index is 0.102. The van der Waals surface area contributed by atoms with Crippen molar-refractivity contribution in [3.8, 4) is 17.6 Å². The summed E-state index contributed by atoms with van der Waals surface area (Å²) in [6, 6.07) is 4.32. The van der Waals surface area contributed by atoms with E-state index in [1.165, 1.54) is 19.2 Å². The van der Waals surface area contributed by atoms with Crippen LogP contribution in [-0.4, -0.2) is 13.1 Å². The molecule has 0 aliphatic heterocycles. The van der Waals surface area contributed by atoms with Crippen molar-refractivity contribution in [2.24, 2.45) is 5.41 Å². The fourth-order valence-corrected chi connectivity index (χ4v) is 1.15. The first-order valence-electron chi connectivity index (χ1n) is 5.30. The van der Waals surface area contributed by atoms with E-state index in [2.05, 4.69) is 0 Å². The van der Waals surface area contributed by atoms with E-state index in [9.17, 15) is 9.18 Å². The molecule has 0 saturated heterocycles. The number of ether oxygens (including phenoxy) is 2. The third kappa shape index (κ3) is 2.77. The van der Waals surface area contributed by atoms with E-state index in [0.717, 1.165) is 0 Å². The molecule has 1 aromatic carbocycles. The lowest BCUT2D eigenvalue weighted by Crippen LogP contribution is -2.26. The molecule has 4 nitrogen and oxygen atoms in total. The number of halogens is 1. The fraction of sp³-hybridized carbons (Fsp3) is 0.385. The second kappa shape index (κ2) is 5.05. The van der Waals surface area contributed by atoms with Crippen molar-refractivity contribution in [1.29, 1.82) is 5.26 Å². The summed E-state index contributed by atoms with van der Waals surface area (Å²) in [6.07, 6.45) is 0. The summed E-state index contributed by atoms with van der Waals surface area (Å²) in [5.74, 6) is -1.64. The summed E-state index contributed by atoms with van der Waals surface area (Å²) in [5, 5.41) is 8.84. The standard InChI is InChI=1S/C13H14FNO3/c1-13(2,3)12(16)18-10-6-5-9(17-4)8(7-15)11(10)14/h5-6H,1-4H3. The molecule has 1 aromatic rings. The van der Waals surface area contributed by atoms with Gasteiger partial charge in [-0.3, -0.25) is 4.79 Å². The number of methoxy groups -OCH3 is 1. The Labute approximate surface area is 105 Å². The van der Waals surface area contributed by atoms with Crippen LogP contribution >= 0.6 is 0 Å². The van der Waals surface area contributed by atoms with E-state index in [0.29, 0.717) is 0 Å². The van der Waals surface area contributed by atoms with Gasteiger partial charge in [0.2, 0.25) is 0 Å². The third-order valence-electron chi connectivity index (χ3n) is 2.22. The fourth-order valence-electron chi connectivity index (χ4n) is 1.15. The molecule has 18 heavy (non-hydrogen) atoms. The number of carbonyl (C=O) groups excluding carboxylic acids is 1. The van der Waals surface area contributed by atoms with Crippen molar-refractivity contribution in [3.63, 3.8) is 0 Å². The van der Waals surface area contributed by atoms with E-state index in [1.54, 1.807) is 26.8 Å². The third-order valence-corrected chi connectivity index (χ3v) is 2.22. The van der Waals surface area contributed by atoms with Crippen LogP contribution in [0.15, 0.2) is 12.1 Å². The average molecular weight is 251 g/mol. The molecule has 96 valence electrons. The summed E-state index contributed by atoms with van der Waals surface area (Å²) in [6.45, 7) is 4.96. The highest BCUT2D eigenvalue weighted by Gasteiger charge is 2.26. The summed E-state index contributed by atoms with van der Waals surface area (Å²) >= 11 is 0. The van der Waals surface area contributed by atoms with Gasteiger partial charge in [-0.05, 0) is 32.9 Å². The Morgan fingerprint density at radius 1 is 1.33 bits per heavy atom. The molecule has 0 spiro atoms. The molecule has 0 atom stereocenters. The van der Waals surface area contributed by atoms with Crippen molar-refractivity contribution in [2.75, 3.05) is 7.11 Å². The van der Waals surface area contributed by atoms with Gasteiger partial charge in [-0.2, -0.15) is 5.26 Å². The molecule has 5 heteroatoms. The highest BCUT2D eigenvalue weighted by atomic mass is 19.1. The first kappa shape index (κ1) is 14.0. The molecule has 0 fully saturated rings. The minimum Gasteiger partial charge on any atom is -0.495 e. The zero-order chi connectivity index (χ0) is 13.9. The van der Waals surface area contributed by atoms with E-state index >= 15 is 0 Å². The predicted molar refractivity (Wildman–Crippen MR) is 62.8 cm³/mol. The molecule has 0 radical (unpaired) electrons. The SMILES string of the molecule is COc1ccc(OC(=O)C(C)(C)C)c(F)c1C#N. The van der Waals surface area contributed by atoms with E-state index < -0.39 is 17.2 Å². The number of benzene rings is 1. The molecule has 0 unspecified atom stereocenters. The molecule has 0 heterocycles. The van der Waals surface area contributed by atoms with Crippen LogP contribution in [0.4, 0.5) is 4.39 Å². The molecule has 0 bridgehead atoms. The molecule has 1 rings (SSSR count). The van der Waals surface area contributed by atoms with Crippen molar-refractivity contribution in [1.82, 2.24) is 0 Å². The Balaban J connectivity index is 3.14. The first-order valence-corrected chi connectivity index (χ1v) is 5.30. The molecule has 0 aliphatic rings. The van der Waals surface area contributed by atoms with Crippen LogP contribution in [0.1, 0.15) is 26.3 Å². The lowest BCUT2D eigenvalue weighted by atomic mass is 9.97. The van der Waals surface area contributed by atoms with Gasteiger partial charge in [-0.15, -0.1) is 0 Å². The van der Waals surface area contributed by atoms with Crippen LogP contribution in [0, 0.1) is 22.6 Å². The van der Waals surface area contributed by atoms with E-state index in [1.807, 2.05) is 0 Å². The van der Waals surface area contributed by atoms with Gasteiger partial charge in [0, 0.05) is 0 Å². The molecule has 0 amide bonds. The van der Waals surface area contributed by atoms with Gasteiger partial charge >= 0.3 is 5.97 Å². The zero-order valence-corrected chi connectivity index (χ0v) is 10.7. The predicted octanol–water partition coefficient (Wildman–Crippen LogP) is 2.66. The van der Waals surface area contributed by atoms with Crippen molar-refractivity contribution in [2.45, 2.75) is 20.8 Å². The summed E-state index contributed by atoms with van der Waals surface area (Å²) in [7, 11) is 1.33.